The molecule has 1 N–H and O–H groups in total. The lowest BCUT2D eigenvalue weighted by Crippen LogP contribution is -2.42. The number of hydrogen-bond donors (Lipinski definition) is 1. The predicted octanol–water partition coefficient (Wildman–Crippen LogP) is 4.45. The van der Waals surface area contributed by atoms with Crippen molar-refractivity contribution in [1.82, 2.24) is 4.90 Å². The molecule has 2 amide bonds. The summed E-state index contributed by atoms with van der Waals surface area (Å²) in [6.45, 7) is 1.29. The van der Waals surface area contributed by atoms with Crippen molar-refractivity contribution in [2.45, 2.75) is 18.6 Å². The molecular weight excluding hydrogens is 380 g/mol. The second-order valence-electron chi connectivity index (χ2n) is 6.63. The minimum absolute atomic E-state index is 0.0315. The van der Waals surface area contributed by atoms with Crippen molar-refractivity contribution < 1.29 is 9.59 Å². The topological polar surface area (TPSA) is 49.4 Å². The fraction of sp³-hybridized carbons (Fsp3) is 0.333. The molecular formula is C21H23ClN2O2S. The van der Waals surface area contributed by atoms with Gasteiger partial charge in [0, 0.05) is 35.5 Å². The third-order valence-corrected chi connectivity index (χ3v) is 5.91. The quantitative estimate of drug-likeness (QED) is 0.776. The number of hydrogen-bond acceptors (Lipinski definition) is 3. The number of halogens is 1. The summed E-state index contributed by atoms with van der Waals surface area (Å²) in [7, 11) is 0. The first kappa shape index (κ1) is 19.8. The lowest BCUT2D eigenvalue weighted by atomic mass is 9.96. The Hall–Kier alpha value is -1.98. The summed E-state index contributed by atoms with van der Waals surface area (Å²) in [5, 5.41) is 3.68. The summed E-state index contributed by atoms with van der Waals surface area (Å²) in [5.41, 5.74) is 1.98. The summed E-state index contributed by atoms with van der Waals surface area (Å²) in [6, 6.07) is 17.2. The molecule has 3 rings (SSSR count). The molecule has 27 heavy (non-hydrogen) atoms. The molecule has 6 heteroatoms. The molecule has 4 nitrogen and oxygen atoms in total. The van der Waals surface area contributed by atoms with Crippen LogP contribution in [-0.2, 0) is 15.3 Å². The average molecular weight is 403 g/mol. The van der Waals surface area contributed by atoms with E-state index in [1.54, 1.807) is 11.8 Å². The van der Waals surface area contributed by atoms with E-state index in [4.69, 9.17) is 11.6 Å². The van der Waals surface area contributed by atoms with Gasteiger partial charge < -0.3 is 10.2 Å². The van der Waals surface area contributed by atoms with Gasteiger partial charge in [-0.15, -0.1) is 11.8 Å². The third-order valence-electron chi connectivity index (χ3n) is 4.67. The van der Waals surface area contributed by atoms with E-state index in [-0.39, 0.29) is 17.7 Å². The Morgan fingerprint density at radius 3 is 2.37 bits per heavy atom. The average Bonchev–Trinajstić information content (AvgIpc) is 2.70. The van der Waals surface area contributed by atoms with Crippen molar-refractivity contribution >= 4 is 40.9 Å². The van der Waals surface area contributed by atoms with Crippen LogP contribution in [0, 0.1) is 5.92 Å². The standard InChI is InChI=1S/C21H23ClN2O2S/c22-18-8-6-16(7-9-18)14-27-15-20(25)24-12-10-17(11-13-24)21(26)23-19-4-2-1-3-5-19/h1-9,17H,10-15H2,(H,23,26). The minimum Gasteiger partial charge on any atom is -0.342 e. The Labute approximate surface area is 169 Å². The van der Waals surface area contributed by atoms with E-state index in [0.29, 0.717) is 31.7 Å². The number of piperidine rings is 1. The van der Waals surface area contributed by atoms with Crippen molar-refractivity contribution in [2.24, 2.45) is 5.92 Å². The van der Waals surface area contributed by atoms with E-state index in [1.807, 2.05) is 59.5 Å². The van der Waals surface area contributed by atoms with Gasteiger partial charge in [-0.3, -0.25) is 9.59 Å². The van der Waals surface area contributed by atoms with Crippen LogP contribution in [0.15, 0.2) is 54.6 Å². The van der Waals surface area contributed by atoms with Gasteiger partial charge in [0.15, 0.2) is 0 Å². The fourth-order valence-electron chi connectivity index (χ4n) is 3.08. The molecule has 142 valence electrons. The second kappa shape index (κ2) is 9.81. The zero-order valence-electron chi connectivity index (χ0n) is 15.1. The van der Waals surface area contributed by atoms with Crippen LogP contribution in [0.25, 0.3) is 0 Å². The molecule has 1 saturated heterocycles. The number of para-hydroxylation sites is 1. The van der Waals surface area contributed by atoms with Gasteiger partial charge in [-0.05, 0) is 42.7 Å². The van der Waals surface area contributed by atoms with Crippen LogP contribution in [0.5, 0.6) is 0 Å². The summed E-state index contributed by atoms with van der Waals surface area (Å²) >= 11 is 7.49. The van der Waals surface area contributed by atoms with Gasteiger partial charge in [-0.25, -0.2) is 0 Å². The number of benzene rings is 2. The SMILES string of the molecule is O=C(Nc1ccccc1)C1CCN(C(=O)CSCc2ccc(Cl)cc2)CC1. The maximum Gasteiger partial charge on any atom is 0.232 e. The van der Waals surface area contributed by atoms with E-state index in [1.165, 1.54) is 0 Å². The van der Waals surface area contributed by atoms with Crippen molar-refractivity contribution in [3.63, 3.8) is 0 Å². The first-order chi connectivity index (χ1) is 13.1. The fourth-order valence-corrected chi connectivity index (χ4v) is 4.10. The number of carbonyl (C=O) groups excluding carboxylic acids is 2. The van der Waals surface area contributed by atoms with E-state index in [0.717, 1.165) is 22.0 Å². The molecule has 0 aromatic heterocycles. The number of likely N-dealkylation sites (tertiary alicyclic amines) is 1. The molecule has 1 fully saturated rings. The molecule has 0 unspecified atom stereocenters. The molecule has 0 radical (unpaired) electrons. The molecule has 1 aliphatic heterocycles. The maximum absolute atomic E-state index is 12.4. The highest BCUT2D eigenvalue weighted by Crippen LogP contribution is 2.21. The van der Waals surface area contributed by atoms with Crippen LogP contribution in [-0.4, -0.2) is 35.6 Å². The third kappa shape index (κ3) is 6.01. The Kier molecular flexibility index (Phi) is 7.18. The largest absolute Gasteiger partial charge is 0.342 e. The number of amides is 2. The second-order valence-corrected chi connectivity index (χ2v) is 8.05. The van der Waals surface area contributed by atoms with Crippen LogP contribution in [0.2, 0.25) is 5.02 Å². The maximum atomic E-state index is 12.4. The van der Waals surface area contributed by atoms with Crippen LogP contribution in [0.1, 0.15) is 18.4 Å². The van der Waals surface area contributed by atoms with Crippen LogP contribution in [0.3, 0.4) is 0 Å². The lowest BCUT2D eigenvalue weighted by Gasteiger charge is -2.31. The van der Waals surface area contributed by atoms with E-state index < -0.39 is 0 Å². The van der Waals surface area contributed by atoms with Gasteiger partial charge in [0.1, 0.15) is 0 Å². The van der Waals surface area contributed by atoms with Gasteiger partial charge in [-0.1, -0.05) is 41.9 Å². The highest BCUT2D eigenvalue weighted by atomic mass is 35.5. The summed E-state index contributed by atoms with van der Waals surface area (Å²) in [4.78, 5) is 26.6. The Bertz CT molecular complexity index is 760. The highest BCUT2D eigenvalue weighted by molar-refractivity contribution is 7.99. The Balaban J connectivity index is 1.38. The van der Waals surface area contributed by atoms with Crippen LogP contribution >= 0.6 is 23.4 Å². The summed E-state index contributed by atoms with van der Waals surface area (Å²) in [6.07, 6.45) is 1.43. The zero-order valence-corrected chi connectivity index (χ0v) is 16.6. The highest BCUT2D eigenvalue weighted by Gasteiger charge is 2.27. The molecule has 2 aromatic carbocycles. The smallest absolute Gasteiger partial charge is 0.232 e. The van der Waals surface area contributed by atoms with Crippen molar-refractivity contribution in [1.29, 1.82) is 0 Å². The normalized spacial score (nSPS) is 14.8. The van der Waals surface area contributed by atoms with Crippen LogP contribution < -0.4 is 5.32 Å². The zero-order chi connectivity index (χ0) is 19.1. The number of rotatable bonds is 6. The molecule has 1 aliphatic rings. The van der Waals surface area contributed by atoms with Gasteiger partial charge in [-0.2, -0.15) is 0 Å². The molecule has 0 saturated carbocycles. The first-order valence-corrected chi connectivity index (χ1v) is 10.6. The summed E-state index contributed by atoms with van der Waals surface area (Å²) in [5.74, 6) is 1.42. The number of nitrogens with zero attached hydrogens (tertiary/aromatic N) is 1. The van der Waals surface area contributed by atoms with E-state index in [2.05, 4.69) is 5.32 Å². The van der Waals surface area contributed by atoms with Crippen molar-refractivity contribution in [3.8, 4) is 0 Å². The number of thioether (sulfide) groups is 1. The van der Waals surface area contributed by atoms with Gasteiger partial charge in [0.2, 0.25) is 11.8 Å². The number of carbonyl (C=O) groups is 2. The first-order valence-electron chi connectivity index (χ1n) is 9.07. The van der Waals surface area contributed by atoms with Crippen molar-refractivity contribution in [2.75, 3.05) is 24.2 Å². The molecule has 0 atom stereocenters. The van der Waals surface area contributed by atoms with Gasteiger partial charge in [0.05, 0.1) is 5.75 Å². The van der Waals surface area contributed by atoms with Crippen LogP contribution in [0.4, 0.5) is 5.69 Å². The lowest BCUT2D eigenvalue weighted by molar-refractivity contribution is -0.132. The Morgan fingerprint density at radius 1 is 1.04 bits per heavy atom. The molecule has 0 aliphatic carbocycles. The Morgan fingerprint density at radius 2 is 1.70 bits per heavy atom. The molecule has 2 aromatic rings. The monoisotopic (exact) mass is 402 g/mol. The molecule has 0 bridgehead atoms. The van der Waals surface area contributed by atoms with Gasteiger partial charge in [0.25, 0.3) is 0 Å². The van der Waals surface area contributed by atoms with E-state index in [9.17, 15) is 9.59 Å². The number of anilines is 1. The minimum atomic E-state index is -0.0315. The van der Waals surface area contributed by atoms with Crippen molar-refractivity contribution in [3.05, 3.63) is 65.2 Å². The van der Waals surface area contributed by atoms with Gasteiger partial charge >= 0.3 is 0 Å². The molecule has 0 spiro atoms. The summed E-state index contributed by atoms with van der Waals surface area (Å²) < 4.78 is 0. The van der Waals surface area contributed by atoms with E-state index >= 15 is 0 Å². The number of nitrogens with one attached hydrogen (secondary N) is 1. The molecule has 1 heterocycles. The predicted molar refractivity (Wildman–Crippen MR) is 112 cm³/mol.